The summed E-state index contributed by atoms with van der Waals surface area (Å²) in [5.41, 5.74) is 0.927. The number of aromatic nitrogens is 2. The van der Waals surface area contributed by atoms with Gasteiger partial charge in [0.2, 0.25) is 0 Å². The quantitative estimate of drug-likeness (QED) is 0.688. The summed E-state index contributed by atoms with van der Waals surface area (Å²) in [4.78, 5) is 17.5. The predicted octanol–water partition coefficient (Wildman–Crippen LogP) is 2.36. The van der Waals surface area contributed by atoms with Crippen molar-refractivity contribution in [3.8, 4) is 0 Å². The highest BCUT2D eigenvalue weighted by Crippen LogP contribution is 2.50. The number of alkyl halides is 1. The third-order valence-electron chi connectivity index (χ3n) is 8.05. The number of piperidine rings is 2. The number of carbonyl (C=O) groups excluding carboxylic acids is 1. The third-order valence-corrected chi connectivity index (χ3v) is 8.05. The van der Waals surface area contributed by atoms with E-state index in [-0.39, 0.29) is 18.1 Å². The van der Waals surface area contributed by atoms with Crippen LogP contribution in [0.1, 0.15) is 49.0 Å². The van der Waals surface area contributed by atoms with Crippen molar-refractivity contribution in [1.29, 1.82) is 0 Å². The van der Waals surface area contributed by atoms with Gasteiger partial charge in [0.1, 0.15) is 11.9 Å². The van der Waals surface area contributed by atoms with Gasteiger partial charge in [0.25, 0.3) is 5.91 Å². The first-order valence-corrected chi connectivity index (χ1v) is 11.9. The summed E-state index contributed by atoms with van der Waals surface area (Å²) in [6, 6.07) is 1.79. The Bertz CT molecular complexity index is 771. The van der Waals surface area contributed by atoms with E-state index in [0.29, 0.717) is 36.7 Å². The second-order valence-electron chi connectivity index (χ2n) is 10.1. The van der Waals surface area contributed by atoms with E-state index in [1.165, 1.54) is 0 Å². The van der Waals surface area contributed by atoms with E-state index in [1.807, 2.05) is 4.90 Å². The largest absolute Gasteiger partial charge is 0.383 e. The molecule has 0 aromatic carbocycles. The van der Waals surface area contributed by atoms with Crippen molar-refractivity contribution in [2.75, 3.05) is 46.4 Å². The van der Waals surface area contributed by atoms with Gasteiger partial charge in [-0.05, 0) is 69.0 Å². The van der Waals surface area contributed by atoms with Gasteiger partial charge >= 0.3 is 0 Å². The van der Waals surface area contributed by atoms with Crippen LogP contribution in [0.25, 0.3) is 0 Å². The molecular weight excluding hydrogens is 399 g/mol. The van der Waals surface area contributed by atoms with Crippen molar-refractivity contribution in [3.05, 3.63) is 18.0 Å². The SMILES string of the molecule is COCCn1nccc1C(=O)N1CC[C@H]2CC(CN3CCC4(CC3)CC(F)C4)O[C@H]2C1. The Labute approximate surface area is 183 Å². The molecule has 3 saturated heterocycles. The second kappa shape index (κ2) is 8.79. The molecule has 1 aromatic rings. The summed E-state index contributed by atoms with van der Waals surface area (Å²) in [7, 11) is 1.65. The molecule has 0 radical (unpaired) electrons. The maximum atomic E-state index is 13.3. The van der Waals surface area contributed by atoms with Crippen molar-refractivity contribution in [3.63, 3.8) is 0 Å². The summed E-state index contributed by atoms with van der Waals surface area (Å²) in [6.45, 7) is 5.66. The molecule has 4 heterocycles. The van der Waals surface area contributed by atoms with Crippen molar-refractivity contribution >= 4 is 5.91 Å². The van der Waals surface area contributed by atoms with Crippen LogP contribution in [0, 0.1) is 11.3 Å². The fourth-order valence-electron chi connectivity index (χ4n) is 6.15. The van der Waals surface area contributed by atoms with E-state index in [2.05, 4.69) is 10.00 Å². The average Bonchev–Trinajstić information content (AvgIpc) is 3.38. The maximum absolute atomic E-state index is 13.3. The van der Waals surface area contributed by atoms with Gasteiger partial charge in [-0.15, -0.1) is 0 Å². The zero-order chi connectivity index (χ0) is 21.4. The van der Waals surface area contributed by atoms with Gasteiger partial charge in [-0.2, -0.15) is 5.10 Å². The first-order valence-electron chi connectivity index (χ1n) is 11.9. The number of hydrogen-bond donors (Lipinski definition) is 0. The number of halogens is 1. The number of methoxy groups -OCH3 is 1. The number of rotatable bonds is 6. The number of carbonyl (C=O) groups is 1. The molecule has 3 atom stereocenters. The monoisotopic (exact) mass is 434 g/mol. The fraction of sp³-hybridized carbons (Fsp3) is 0.826. The Hall–Kier alpha value is -1.51. The molecule has 8 heteroatoms. The van der Waals surface area contributed by atoms with E-state index < -0.39 is 6.17 Å². The first-order chi connectivity index (χ1) is 15.0. The predicted molar refractivity (Wildman–Crippen MR) is 114 cm³/mol. The van der Waals surface area contributed by atoms with Crippen LogP contribution in [0.2, 0.25) is 0 Å². The van der Waals surface area contributed by atoms with Gasteiger partial charge in [0, 0.05) is 32.9 Å². The molecule has 4 fully saturated rings. The molecule has 1 amide bonds. The number of fused-ring (bicyclic) bond motifs is 1. The summed E-state index contributed by atoms with van der Waals surface area (Å²) < 4.78 is 26.6. The van der Waals surface area contributed by atoms with Gasteiger partial charge in [-0.3, -0.25) is 9.48 Å². The minimum Gasteiger partial charge on any atom is -0.383 e. The smallest absolute Gasteiger partial charge is 0.272 e. The number of amides is 1. The highest BCUT2D eigenvalue weighted by atomic mass is 19.1. The average molecular weight is 435 g/mol. The molecule has 1 aromatic heterocycles. The van der Waals surface area contributed by atoms with Crippen molar-refractivity contribution in [1.82, 2.24) is 19.6 Å². The zero-order valence-corrected chi connectivity index (χ0v) is 18.5. The molecule has 1 aliphatic carbocycles. The summed E-state index contributed by atoms with van der Waals surface area (Å²) in [5, 5.41) is 4.27. The van der Waals surface area contributed by atoms with E-state index >= 15 is 0 Å². The maximum Gasteiger partial charge on any atom is 0.272 e. The molecule has 3 aliphatic heterocycles. The lowest BCUT2D eigenvalue weighted by molar-refractivity contribution is -0.0480. The van der Waals surface area contributed by atoms with Crippen LogP contribution in [0.5, 0.6) is 0 Å². The van der Waals surface area contributed by atoms with Crippen LogP contribution < -0.4 is 0 Å². The lowest BCUT2D eigenvalue weighted by Gasteiger charge is -2.49. The summed E-state index contributed by atoms with van der Waals surface area (Å²) in [6.07, 6.45) is 7.41. The Kier molecular flexibility index (Phi) is 6.05. The molecule has 5 rings (SSSR count). The van der Waals surface area contributed by atoms with Gasteiger partial charge in [-0.25, -0.2) is 4.39 Å². The molecule has 31 heavy (non-hydrogen) atoms. The van der Waals surface area contributed by atoms with Crippen LogP contribution >= 0.6 is 0 Å². The van der Waals surface area contributed by atoms with Crippen molar-refractivity contribution in [2.45, 2.75) is 63.4 Å². The van der Waals surface area contributed by atoms with Crippen LogP contribution in [0.15, 0.2) is 12.3 Å². The van der Waals surface area contributed by atoms with Crippen LogP contribution in [0.3, 0.4) is 0 Å². The molecule has 1 saturated carbocycles. The second-order valence-corrected chi connectivity index (χ2v) is 10.1. The first kappa shape index (κ1) is 21.3. The van der Waals surface area contributed by atoms with E-state index in [4.69, 9.17) is 9.47 Å². The Morgan fingerprint density at radius 3 is 2.87 bits per heavy atom. The Balaban J connectivity index is 1.12. The number of hydrogen-bond acceptors (Lipinski definition) is 5. The van der Waals surface area contributed by atoms with Crippen LogP contribution in [-0.2, 0) is 16.0 Å². The molecule has 1 unspecified atom stereocenters. The molecule has 4 aliphatic rings. The minimum absolute atomic E-state index is 0.0343. The van der Waals surface area contributed by atoms with Crippen molar-refractivity contribution < 1.29 is 18.7 Å². The Morgan fingerprint density at radius 2 is 2.13 bits per heavy atom. The fourth-order valence-corrected chi connectivity index (χ4v) is 6.15. The lowest BCUT2D eigenvalue weighted by atomic mass is 9.62. The standard InChI is InChI=1S/C23H35FN4O3/c1-30-11-10-28-20(2-6-25-28)22(29)27-7-3-17-12-19(31-21(17)16-27)15-26-8-4-23(5-9-26)13-18(24)14-23/h2,6,17-19,21H,3-5,7-16H2,1H3/t17-,19?,21-/m0/s1. The lowest BCUT2D eigenvalue weighted by Crippen LogP contribution is -2.49. The summed E-state index contributed by atoms with van der Waals surface area (Å²) >= 11 is 0. The Morgan fingerprint density at radius 1 is 1.32 bits per heavy atom. The van der Waals surface area contributed by atoms with Crippen molar-refractivity contribution in [2.24, 2.45) is 11.3 Å². The van der Waals surface area contributed by atoms with Gasteiger partial charge in [0.05, 0.1) is 25.4 Å². The van der Waals surface area contributed by atoms with Gasteiger partial charge in [-0.1, -0.05) is 0 Å². The van der Waals surface area contributed by atoms with Gasteiger partial charge < -0.3 is 19.3 Å². The number of likely N-dealkylation sites (tertiary alicyclic amines) is 2. The molecule has 0 N–H and O–H groups in total. The third kappa shape index (κ3) is 4.39. The van der Waals surface area contributed by atoms with E-state index in [1.54, 1.807) is 24.1 Å². The van der Waals surface area contributed by atoms with Crippen LogP contribution in [0.4, 0.5) is 4.39 Å². The molecule has 172 valence electrons. The topological polar surface area (TPSA) is 59.8 Å². The summed E-state index contributed by atoms with van der Waals surface area (Å²) in [5.74, 6) is 0.578. The van der Waals surface area contributed by atoms with Gasteiger partial charge in [0.15, 0.2) is 0 Å². The highest BCUT2D eigenvalue weighted by molar-refractivity contribution is 5.92. The van der Waals surface area contributed by atoms with E-state index in [9.17, 15) is 9.18 Å². The minimum atomic E-state index is -0.558. The number of nitrogens with zero attached hydrogens (tertiary/aromatic N) is 4. The van der Waals surface area contributed by atoms with Crippen LogP contribution in [-0.4, -0.2) is 90.3 Å². The molecular formula is C23H35FN4O3. The molecule has 0 bridgehead atoms. The highest BCUT2D eigenvalue weighted by Gasteiger charge is 2.47. The van der Waals surface area contributed by atoms with E-state index in [0.717, 1.165) is 64.7 Å². The number of ether oxygens (including phenoxy) is 2. The molecule has 1 spiro atoms. The molecule has 7 nitrogen and oxygen atoms in total. The zero-order valence-electron chi connectivity index (χ0n) is 18.5. The normalized spacial score (nSPS) is 31.0.